The molecule has 640 valence electrons. The number of benzene rings is 16. The van der Waals surface area contributed by atoms with Gasteiger partial charge in [-0.25, -0.2) is 0 Å². The maximum absolute atomic E-state index is 3.31. The number of nitrogens with zero attached hydrogens (tertiary/aromatic N) is 3. The molecule has 3 heterocycles. The van der Waals surface area contributed by atoms with Crippen molar-refractivity contribution in [2.75, 3.05) is 9.80 Å². The lowest BCUT2D eigenvalue weighted by atomic mass is 9.33. The molecule has 0 N–H and O–H groups in total. The summed E-state index contributed by atoms with van der Waals surface area (Å²) >= 11 is 0. The van der Waals surface area contributed by atoms with Gasteiger partial charge in [-0.05, 0) is 237 Å². The predicted molar refractivity (Wildman–Crippen MR) is 562 cm³/mol. The molecular weight excluding hydrogens is 1570 g/mol. The summed E-state index contributed by atoms with van der Waals surface area (Å²) in [5.41, 5.74) is 35.4. The molecule has 0 atom stereocenters. The number of fused-ring (bicyclic) bond motifs is 7. The molecule has 0 saturated heterocycles. The lowest BCUT2D eigenvalue weighted by Crippen LogP contribution is -2.75. The van der Waals surface area contributed by atoms with Gasteiger partial charge in [-0.15, -0.1) is 0 Å². The van der Waals surface area contributed by atoms with Gasteiger partial charge in [0.1, 0.15) is 0 Å². The minimum Gasteiger partial charge on any atom is -0.310 e. The van der Waals surface area contributed by atoms with Crippen LogP contribution in [0.4, 0.5) is 34.1 Å². The Morgan fingerprint density at radius 2 is 0.527 bits per heavy atom. The quantitative estimate of drug-likeness (QED) is 0.0842. The van der Waals surface area contributed by atoms with E-state index < -0.39 is 13.5 Å². The number of hydrogen-bond donors (Lipinski definition) is 0. The van der Waals surface area contributed by atoms with Crippen LogP contribution in [0.5, 0.6) is 0 Å². The van der Waals surface area contributed by atoms with Gasteiger partial charge >= 0.3 is 0 Å². The van der Waals surface area contributed by atoms with Crippen LogP contribution in [0.15, 0.2) is 358 Å². The van der Waals surface area contributed by atoms with Crippen LogP contribution in [0.3, 0.4) is 0 Å². The van der Waals surface area contributed by atoms with Crippen molar-refractivity contribution in [3.05, 3.63) is 397 Å². The van der Waals surface area contributed by atoms with E-state index >= 15 is 0 Å². The molecule has 0 fully saturated rings. The molecule has 0 amide bonds. The van der Waals surface area contributed by atoms with Gasteiger partial charge in [0.15, 0.2) is 8.07 Å². The Kier molecular flexibility index (Phi) is 21.1. The maximum Gasteiger partial charge on any atom is 0.252 e. The van der Waals surface area contributed by atoms with E-state index in [2.05, 4.69) is 518 Å². The summed E-state index contributed by atoms with van der Waals surface area (Å²) in [6.07, 6.45) is 0. The Morgan fingerprint density at radius 3 is 0.868 bits per heavy atom. The highest BCUT2D eigenvalue weighted by Crippen LogP contribution is 2.57. The molecule has 3 nitrogen and oxygen atoms in total. The molecule has 0 aliphatic carbocycles. The molecule has 17 aromatic rings. The van der Waals surface area contributed by atoms with E-state index in [1.165, 1.54) is 154 Å². The third-order valence-electron chi connectivity index (χ3n) is 27.8. The monoisotopic (exact) mass is 1690 g/mol. The van der Waals surface area contributed by atoms with Crippen molar-refractivity contribution in [1.29, 1.82) is 0 Å². The van der Waals surface area contributed by atoms with Crippen LogP contribution in [0.25, 0.3) is 94.3 Å². The van der Waals surface area contributed by atoms with Gasteiger partial charge < -0.3 is 14.4 Å². The minimum absolute atomic E-state index is 0.156. The van der Waals surface area contributed by atoms with Crippen molar-refractivity contribution in [3.63, 3.8) is 0 Å². The van der Waals surface area contributed by atoms with E-state index in [-0.39, 0.29) is 39.2 Å². The number of anilines is 6. The molecular formula is C124H122BN3Si. The third kappa shape index (κ3) is 15.4. The smallest absolute Gasteiger partial charge is 0.252 e. The van der Waals surface area contributed by atoms with Crippen molar-refractivity contribution < 1.29 is 0 Å². The zero-order valence-corrected chi connectivity index (χ0v) is 80.5. The standard InChI is InChI=1S/C124H122BN3Si/c1-118(2,3)89-49-37-45-85(67-89)101-73-93(122(13,14)15)74-102(86-46-38-50-90(68-86)119(4,5)6)116(101)127-111-66-62-100(129(97-53-31-24-32-54-97,98-55-33-25-34-56-98)99-57-35-26-36-58-99)80-108(111)125-107-63-61-96(126-109-64-59-83(81-41-27-22-28-42-81)71-105(109)106-72-84(60-65-110(106)126)82-43-29-23-30-44-82)79-112(107)128(114-78-95(124(19,20)21)77-113(127)115(114)125)117-103(87-47-39-51-91(69-87)120(7,8)9)75-94(123(16,17)18)76-104(117)88-48-40-52-92(70-88)121(10,11)12/h22-80H,1-21H3. The summed E-state index contributed by atoms with van der Waals surface area (Å²) in [7, 11) is -3.31. The highest BCUT2D eigenvalue weighted by molar-refractivity contribution is 7.20. The SMILES string of the molecule is CC(C)(C)c1cccc(-c2cc(C(C)(C)C)cc(-c3cccc(C(C)(C)C)c3)c2N2c3ccc([Si](c4ccccc4)(c4ccccc4)c4ccccc4)cc3B3c4ccc(-n5c6ccc(-c7ccccc7)cc6c6cc(-c7ccccc7)ccc65)cc4N(c4c(-c5cccc(C(C)(C)C)c5)cc(C(C)(C)C)cc4-c4cccc(C(C)(C)C)c4)c4cc(C(C)(C)C)cc2c43)c1. The topological polar surface area (TPSA) is 11.4 Å². The molecule has 5 heteroatoms. The second-order valence-corrected chi connectivity index (χ2v) is 47.7. The minimum atomic E-state index is -3.31. The van der Waals surface area contributed by atoms with Gasteiger partial charge in [0.2, 0.25) is 0 Å². The molecule has 19 rings (SSSR count). The van der Waals surface area contributed by atoms with Crippen LogP contribution in [-0.4, -0.2) is 19.4 Å². The molecule has 0 bridgehead atoms. The van der Waals surface area contributed by atoms with Crippen molar-refractivity contribution in [3.8, 4) is 72.4 Å². The summed E-state index contributed by atoms with van der Waals surface area (Å²) < 4.78 is 2.59. The molecule has 16 aromatic carbocycles. The van der Waals surface area contributed by atoms with E-state index in [1.54, 1.807) is 0 Å². The zero-order chi connectivity index (χ0) is 90.4. The van der Waals surface area contributed by atoms with Crippen LogP contribution in [0, 0.1) is 0 Å². The van der Waals surface area contributed by atoms with Gasteiger partial charge in [0.25, 0.3) is 6.71 Å². The van der Waals surface area contributed by atoms with E-state index in [0.717, 1.165) is 50.8 Å². The fraction of sp³-hybridized carbons (Fsp3) is 0.226. The van der Waals surface area contributed by atoms with E-state index in [0.29, 0.717) is 0 Å². The highest BCUT2D eigenvalue weighted by atomic mass is 28.3. The summed E-state index contributed by atoms with van der Waals surface area (Å²) in [6.45, 7) is 49.8. The zero-order valence-electron chi connectivity index (χ0n) is 79.5. The maximum atomic E-state index is 2.83. The van der Waals surface area contributed by atoms with Crippen LogP contribution in [0.1, 0.15) is 184 Å². The Bertz CT molecular complexity index is 6830. The summed E-state index contributed by atoms with van der Waals surface area (Å²) in [5, 5.41) is 7.69. The largest absolute Gasteiger partial charge is 0.310 e. The first kappa shape index (κ1) is 85.6. The van der Waals surface area contributed by atoms with Crippen LogP contribution >= 0.6 is 0 Å². The van der Waals surface area contributed by atoms with Crippen LogP contribution in [0.2, 0.25) is 0 Å². The third-order valence-corrected chi connectivity index (χ3v) is 32.5. The molecule has 0 unspecified atom stereocenters. The summed E-state index contributed by atoms with van der Waals surface area (Å²) in [6, 6.07) is 141. The first-order valence-corrected chi connectivity index (χ1v) is 48.6. The predicted octanol–water partition coefficient (Wildman–Crippen LogP) is 29.3. The molecule has 2 aliphatic rings. The lowest BCUT2D eigenvalue weighted by molar-refractivity contribution is 0.589. The molecule has 0 spiro atoms. The molecule has 2 aliphatic heterocycles. The number of aromatic nitrogens is 1. The first-order valence-electron chi connectivity index (χ1n) is 46.6. The molecule has 129 heavy (non-hydrogen) atoms. The molecule has 0 radical (unpaired) electrons. The Hall–Kier alpha value is -12.8. The van der Waals surface area contributed by atoms with E-state index in [9.17, 15) is 0 Å². The van der Waals surface area contributed by atoms with Crippen molar-refractivity contribution in [1.82, 2.24) is 4.57 Å². The Labute approximate surface area is 769 Å². The fourth-order valence-corrected chi connectivity index (χ4v) is 25.2. The fourth-order valence-electron chi connectivity index (χ4n) is 20.4. The second-order valence-electron chi connectivity index (χ2n) is 43.8. The van der Waals surface area contributed by atoms with Gasteiger partial charge in [0.05, 0.1) is 22.4 Å². The normalized spacial score (nSPS) is 13.3. The molecule has 0 saturated carbocycles. The Balaban J connectivity index is 1.04. The number of rotatable bonds is 13. The van der Waals surface area contributed by atoms with Crippen molar-refractivity contribution >= 4 is 108 Å². The first-order chi connectivity index (χ1) is 61.4. The average molecular weight is 1690 g/mol. The van der Waals surface area contributed by atoms with Crippen molar-refractivity contribution in [2.45, 2.75) is 183 Å². The van der Waals surface area contributed by atoms with Gasteiger partial charge in [0, 0.05) is 61.5 Å². The Morgan fingerprint density at radius 1 is 0.209 bits per heavy atom. The summed E-state index contributed by atoms with van der Waals surface area (Å²) in [5.74, 6) is 0. The van der Waals surface area contributed by atoms with Crippen LogP contribution in [-0.2, 0) is 37.9 Å². The van der Waals surface area contributed by atoms with Gasteiger partial charge in [-0.3, -0.25) is 0 Å². The number of hydrogen-bond acceptors (Lipinski definition) is 2. The van der Waals surface area contributed by atoms with Gasteiger partial charge in [-0.1, -0.05) is 424 Å². The van der Waals surface area contributed by atoms with Crippen molar-refractivity contribution in [2.24, 2.45) is 0 Å². The highest BCUT2D eigenvalue weighted by Gasteiger charge is 2.49. The van der Waals surface area contributed by atoms with Crippen LogP contribution < -0.4 is 46.9 Å². The lowest BCUT2D eigenvalue weighted by Gasteiger charge is -2.47. The average Bonchev–Trinajstić information content (AvgIpc) is 0.969. The van der Waals surface area contributed by atoms with E-state index in [4.69, 9.17) is 0 Å². The van der Waals surface area contributed by atoms with Gasteiger partial charge in [-0.2, -0.15) is 0 Å². The summed E-state index contributed by atoms with van der Waals surface area (Å²) in [4.78, 5) is 5.65. The van der Waals surface area contributed by atoms with E-state index in [1.807, 2.05) is 0 Å². The molecule has 1 aromatic heterocycles. The second kappa shape index (κ2) is 31.8.